The molecule has 1 aromatic rings. The highest BCUT2D eigenvalue weighted by Crippen LogP contribution is 2.37. The summed E-state index contributed by atoms with van der Waals surface area (Å²) in [6.07, 6.45) is 4.96. The van der Waals surface area contributed by atoms with Gasteiger partial charge in [0, 0.05) is 24.7 Å². The first-order valence-electron chi connectivity index (χ1n) is 7.83. The summed E-state index contributed by atoms with van der Waals surface area (Å²) in [7, 11) is 0. The normalized spacial score (nSPS) is 23.0. The van der Waals surface area contributed by atoms with Crippen LogP contribution in [0.3, 0.4) is 0 Å². The minimum absolute atomic E-state index is 0.172. The maximum absolute atomic E-state index is 10.8. The van der Waals surface area contributed by atoms with Gasteiger partial charge < -0.3 is 5.32 Å². The molecule has 2 rings (SSSR count). The quantitative estimate of drug-likeness (QED) is 0.665. The maximum atomic E-state index is 10.8. The highest BCUT2D eigenvalue weighted by Gasteiger charge is 2.29. The first-order chi connectivity index (χ1) is 9.86. The molecule has 1 aliphatic rings. The van der Waals surface area contributed by atoms with Crippen LogP contribution < -0.4 is 5.32 Å². The van der Waals surface area contributed by atoms with E-state index in [4.69, 9.17) is 0 Å². The monoisotopic (exact) mass is 290 g/mol. The average Bonchev–Trinajstić information content (AvgIpc) is 2.45. The summed E-state index contributed by atoms with van der Waals surface area (Å²) < 4.78 is 0. The summed E-state index contributed by atoms with van der Waals surface area (Å²) in [4.78, 5) is 10.4. The van der Waals surface area contributed by atoms with E-state index in [1.165, 1.54) is 31.7 Å². The van der Waals surface area contributed by atoms with Crippen LogP contribution in [0.4, 0.5) is 5.69 Å². The van der Waals surface area contributed by atoms with Crippen LogP contribution in [0.5, 0.6) is 0 Å². The predicted molar refractivity (Wildman–Crippen MR) is 85.1 cm³/mol. The highest BCUT2D eigenvalue weighted by molar-refractivity contribution is 5.34. The molecule has 1 aromatic carbocycles. The van der Waals surface area contributed by atoms with Gasteiger partial charge in [-0.1, -0.05) is 32.9 Å². The molecule has 0 spiro atoms. The third-order valence-electron chi connectivity index (χ3n) is 4.67. The van der Waals surface area contributed by atoms with Crippen molar-refractivity contribution in [3.63, 3.8) is 0 Å². The van der Waals surface area contributed by atoms with E-state index in [1.54, 1.807) is 12.1 Å². The van der Waals surface area contributed by atoms with Crippen molar-refractivity contribution in [1.82, 2.24) is 5.32 Å². The topological polar surface area (TPSA) is 55.2 Å². The van der Waals surface area contributed by atoms with E-state index in [2.05, 4.69) is 26.1 Å². The summed E-state index contributed by atoms with van der Waals surface area (Å²) in [5.74, 6) is 0.813. The van der Waals surface area contributed by atoms with E-state index < -0.39 is 0 Å². The molecule has 0 radical (unpaired) electrons. The molecular weight excluding hydrogens is 264 g/mol. The molecule has 0 atom stereocenters. The molecule has 0 bridgehead atoms. The Balaban J connectivity index is 1.82. The first-order valence-corrected chi connectivity index (χ1v) is 7.83. The van der Waals surface area contributed by atoms with Gasteiger partial charge in [0.05, 0.1) is 4.92 Å². The molecule has 4 nitrogen and oxygen atoms in total. The SMILES string of the molecule is CC(C)(C)C1CCC(NCc2cccc([N+](=O)[O-])c2)CC1. The van der Waals surface area contributed by atoms with Crippen molar-refractivity contribution in [3.8, 4) is 0 Å². The van der Waals surface area contributed by atoms with Gasteiger partial charge >= 0.3 is 0 Å². The standard InChI is InChI=1S/C17H26N2O2/c1-17(2,3)14-7-9-15(10-8-14)18-12-13-5-4-6-16(11-13)19(20)21/h4-6,11,14-15,18H,7-10,12H2,1-3H3. The van der Waals surface area contributed by atoms with Crippen LogP contribution in [0.2, 0.25) is 0 Å². The Labute approximate surface area is 127 Å². The second-order valence-corrected chi connectivity index (χ2v) is 7.22. The van der Waals surface area contributed by atoms with E-state index >= 15 is 0 Å². The van der Waals surface area contributed by atoms with Crippen molar-refractivity contribution in [3.05, 3.63) is 39.9 Å². The lowest BCUT2D eigenvalue weighted by molar-refractivity contribution is -0.384. The van der Waals surface area contributed by atoms with Crippen LogP contribution in [-0.2, 0) is 6.54 Å². The molecule has 1 N–H and O–H groups in total. The number of hydrogen-bond acceptors (Lipinski definition) is 3. The summed E-state index contributed by atoms with van der Waals surface area (Å²) >= 11 is 0. The lowest BCUT2D eigenvalue weighted by Crippen LogP contribution is -2.35. The van der Waals surface area contributed by atoms with E-state index in [0.717, 1.165) is 11.5 Å². The Morgan fingerprint density at radius 2 is 1.90 bits per heavy atom. The number of nitro groups is 1. The highest BCUT2D eigenvalue weighted by atomic mass is 16.6. The second kappa shape index (κ2) is 6.56. The van der Waals surface area contributed by atoms with Gasteiger partial charge in [0.2, 0.25) is 0 Å². The number of nitrogens with zero attached hydrogens (tertiary/aromatic N) is 1. The lowest BCUT2D eigenvalue weighted by atomic mass is 9.71. The molecule has 1 aliphatic carbocycles. The number of nitro benzene ring substituents is 1. The minimum Gasteiger partial charge on any atom is -0.310 e. The number of benzene rings is 1. The molecule has 4 heteroatoms. The van der Waals surface area contributed by atoms with Crippen molar-refractivity contribution >= 4 is 5.69 Å². The zero-order valence-corrected chi connectivity index (χ0v) is 13.3. The Bertz CT molecular complexity index is 486. The fraction of sp³-hybridized carbons (Fsp3) is 0.647. The van der Waals surface area contributed by atoms with Crippen LogP contribution >= 0.6 is 0 Å². The van der Waals surface area contributed by atoms with Crippen molar-refractivity contribution in [1.29, 1.82) is 0 Å². The second-order valence-electron chi connectivity index (χ2n) is 7.22. The van der Waals surface area contributed by atoms with Gasteiger partial charge in [-0.2, -0.15) is 0 Å². The van der Waals surface area contributed by atoms with Gasteiger partial charge in [-0.25, -0.2) is 0 Å². The number of non-ortho nitro benzene ring substituents is 1. The summed E-state index contributed by atoms with van der Waals surface area (Å²) in [6, 6.07) is 7.45. The molecule has 0 aromatic heterocycles. The molecule has 0 aliphatic heterocycles. The number of rotatable bonds is 4. The van der Waals surface area contributed by atoms with Crippen LogP contribution in [0.15, 0.2) is 24.3 Å². The molecule has 116 valence electrons. The molecule has 1 saturated carbocycles. The van der Waals surface area contributed by atoms with Crippen LogP contribution in [-0.4, -0.2) is 11.0 Å². The third kappa shape index (κ3) is 4.53. The van der Waals surface area contributed by atoms with Gasteiger partial charge in [-0.05, 0) is 42.6 Å². The molecule has 0 unspecified atom stereocenters. The van der Waals surface area contributed by atoms with Crippen molar-refractivity contribution < 1.29 is 4.92 Å². The van der Waals surface area contributed by atoms with E-state index in [1.807, 2.05) is 6.07 Å². The minimum atomic E-state index is -0.335. The zero-order chi connectivity index (χ0) is 15.5. The van der Waals surface area contributed by atoms with Crippen molar-refractivity contribution in [2.75, 3.05) is 0 Å². The molecule has 0 heterocycles. The maximum Gasteiger partial charge on any atom is 0.269 e. The third-order valence-corrected chi connectivity index (χ3v) is 4.67. The Morgan fingerprint density at radius 3 is 2.48 bits per heavy atom. The van der Waals surface area contributed by atoms with Crippen LogP contribution in [0.25, 0.3) is 0 Å². The van der Waals surface area contributed by atoms with Gasteiger partial charge in [0.15, 0.2) is 0 Å². The molecule has 0 amide bonds. The number of hydrogen-bond donors (Lipinski definition) is 1. The fourth-order valence-electron chi connectivity index (χ4n) is 3.21. The van der Waals surface area contributed by atoms with E-state index in [0.29, 0.717) is 18.0 Å². The summed E-state index contributed by atoms with van der Waals surface area (Å²) in [5.41, 5.74) is 1.57. The molecular formula is C17H26N2O2. The Kier molecular flexibility index (Phi) is 4.99. The van der Waals surface area contributed by atoms with Crippen molar-refractivity contribution in [2.45, 2.75) is 59.0 Å². The summed E-state index contributed by atoms with van der Waals surface area (Å²) in [6.45, 7) is 7.70. The lowest BCUT2D eigenvalue weighted by Gasteiger charge is -2.37. The zero-order valence-electron chi connectivity index (χ0n) is 13.3. The Hall–Kier alpha value is -1.42. The molecule has 1 fully saturated rings. The molecule has 21 heavy (non-hydrogen) atoms. The van der Waals surface area contributed by atoms with Gasteiger partial charge in [0.1, 0.15) is 0 Å². The number of nitrogens with one attached hydrogen (secondary N) is 1. The van der Waals surface area contributed by atoms with Gasteiger partial charge in [-0.3, -0.25) is 10.1 Å². The van der Waals surface area contributed by atoms with E-state index in [-0.39, 0.29) is 10.6 Å². The largest absolute Gasteiger partial charge is 0.310 e. The Morgan fingerprint density at radius 1 is 1.24 bits per heavy atom. The fourth-order valence-corrected chi connectivity index (χ4v) is 3.21. The summed E-state index contributed by atoms with van der Waals surface area (Å²) in [5, 5.41) is 14.3. The predicted octanol–water partition coefficient (Wildman–Crippen LogP) is 4.29. The van der Waals surface area contributed by atoms with E-state index in [9.17, 15) is 10.1 Å². The smallest absolute Gasteiger partial charge is 0.269 e. The average molecular weight is 290 g/mol. The van der Waals surface area contributed by atoms with Crippen LogP contribution in [0, 0.1) is 21.4 Å². The van der Waals surface area contributed by atoms with Gasteiger partial charge in [-0.15, -0.1) is 0 Å². The van der Waals surface area contributed by atoms with Crippen molar-refractivity contribution in [2.24, 2.45) is 11.3 Å². The first kappa shape index (κ1) is 16.0. The van der Waals surface area contributed by atoms with Gasteiger partial charge in [0.25, 0.3) is 5.69 Å². The van der Waals surface area contributed by atoms with Crippen LogP contribution in [0.1, 0.15) is 52.0 Å². The molecule has 0 saturated heterocycles.